The van der Waals surface area contributed by atoms with Crippen molar-refractivity contribution in [3.8, 4) is 11.5 Å². The third kappa shape index (κ3) is 4.83. The van der Waals surface area contributed by atoms with Crippen LogP contribution in [0.15, 0.2) is 54.6 Å². The molecule has 2 N–H and O–H groups in total. The van der Waals surface area contributed by atoms with Gasteiger partial charge < -0.3 is 24.8 Å². The predicted octanol–water partition coefficient (Wildman–Crippen LogP) is 5.60. The highest BCUT2D eigenvalue weighted by molar-refractivity contribution is 6.32. The Morgan fingerprint density at radius 3 is 2.51 bits per heavy atom. The van der Waals surface area contributed by atoms with Gasteiger partial charge in [0.2, 0.25) is 0 Å². The number of nitrogens with one attached hydrogen (secondary N) is 1. The summed E-state index contributed by atoms with van der Waals surface area (Å²) in [6.45, 7) is 4.82. The van der Waals surface area contributed by atoms with Crippen LogP contribution in [0.2, 0.25) is 5.02 Å². The van der Waals surface area contributed by atoms with Crippen molar-refractivity contribution in [2.45, 2.75) is 38.2 Å². The van der Waals surface area contributed by atoms with Crippen LogP contribution in [-0.2, 0) is 10.2 Å². The van der Waals surface area contributed by atoms with E-state index in [-0.39, 0.29) is 12.0 Å². The van der Waals surface area contributed by atoms with Crippen LogP contribution in [0.25, 0.3) is 0 Å². The number of rotatable bonds is 7. The average molecular weight is 521 g/mol. The molecule has 1 heterocycles. The van der Waals surface area contributed by atoms with Crippen LogP contribution in [-0.4, -0.2) is 43.3 Å². The average Bonchev–Trinajstić information content (AvgIpc) is 3.66. The Bertz CT molecular complexity index is 1360. The van der Waals surface area contributed by atoms with E-state index in [9.17, 15) is 14.7 Å². The molecular formula is C29H29ClN2O5. The van der Waals surface area contributed by atoms with E-state index < -0.39 is 11.4 Å². The number of carboxylic acids is 1. The van der Waals surface area contributed by atoms with Gasteiger partial charge in [-0.1, -0.05) is 23.7 Å². The number of fused-ring (bicyclic) bond motifs is 1. The fourth-order valence-electron chi connectivity index (χ4n) is 5.02. The van der Waals surface area contributed by atoms with Crippen LogP contribution >= 0.6 is 11.6 Å². The Morgan fingerprint density at radius 1 is 1.14 bits per heavy atom. The second kappa shape index (κ2) is 9.63. The molecule has 0 unspecified atom stereocenters. The predicted molar refractivity (Wildman–Crippen MR) is 143 cm³/mol. The zero-order valence-electron chi connectivity index (χ0n) is 21.0. The maximum absolute atomic E-state index is 13.2. The lowest BCUT2D eigenvalue weighted by molar-refractivity contribution is -0.140. The van der Waals surface area contributed by atoms with Crippen molar-refractivity contribution in [1.82, 2.24) is 0 Å². The van der Waals surface area contributed by atoms with Gasteiger partial charge in [-0.3, -0.25) is 9.59 Å². The van der Waals surface area contributed by atoms with Crippen molar-refractivity contribution in [3.63, 3.8) is 0 Å². The fourth-order valence-corrected chi connectivity index (χ4v) is 5.32. The Labute approximate surface area is 221 Å². The van der Waals surface area contributed by atoms with E-state index in [0.29, 0.717) is 53.6 Å². The normalized spacial score (nSPS) is 17.4. The molecule has 3 aromatic rings. The molecule has 3 aromatic carbocycles. The van der Waals surface area contributed by atoms with Gasteiger partial charge in [0.15, 0.2) is 0 Å². The quantitative estimate of drug-likeness (QED) is 0.421. The number of carboxylic acid groups (broad SMARTS) is 1. The Morgan fingerprint density at radius 2 is 1.84 bits per heavy atom. The van der Waals surface area contributed by atoms with E-state index in [4.69, 9.17) is 21.1 Å². The molecule has 7 nitrogen and oxygen atoms in total. The van der Waals surface area contributed by atoms with Crippen molar-refractivity contribution in [2.75, 3.05) is 30.4 Å². The monoisotopic (exact) mass is 520 g/mol. The highest BCUT2D eigenvalue weighted by Gasteiger charge is 2.53. The van der Waals surface area contributed by atoms with Gasteiger partial charge in [-0.05, 0) is 85.8 Å². The van der Waals surface area contributed by atoms with Crippen molar-refractivity contribution in [3.05, 3.63) is 81.9 Å². The smallest absolute Gasteiger partial charge is 0.314 e. The van der Waals surface area contributed by atoms with Crippen LogP contribution in [0, 0.1) is 13.8 Å². The third-order valence-corrected chi connectivity index (χ3v) is 7.45. The number of amides is 1. The molecule has 1 aliphatic carbocycles. The lowest BCUT2D eigenvalue weighted by Crippen LogP contribution is -2.41. The largest absolute Gasteiger partial charge is 0.490 e. The van der Waals surface area contributed by atoms with Gasteiger partial charge in [0.05, 0.1) is 17.6 Å². The van der Waals surface area contributed by atoms with Crippen LogP contribution in [0.4, 0.5) is 11.4 Å². The molecule has 5 rings (SSSR count). The van der Waals surface area contributed by atoms with Crippen LogP contribution in [0.1, 0.15) is 39.9 Å². The summed E-state index contributed by atoms with van der Waals surface area (Å²) >= 11 is 6.30. The highest BCUT2D eigenvalue weighted by Crippen LogP contribution is 2.51. The zero-order valence-corrected chi connectivity index (χ0v) is 21.8. The number of ether oxygens (including phenoxy) is 2. The van der Waals surface area contributed by atoms with Crippen molar-refractivity contribution in [1.29, 1.82) is 0 Å². The fraction of sp³-hybridized carbons (Fsp3) is 0.310. The minimum atomic E-state index is -0.957. The first-order chi connectivity index (χ1) is 17.7. The molecule has 0 saturated heterocycles. The SMILES string of the molecule is Cc1cc(OC[C@@H]2CN(C)c3ccccc3O2)cc(C)c1C(=O)Nc1ccc(Cl)c(C2(C(=O)O)CC2)c1. The van der Waals surface area contributed by atoms with Crippen LogP contribution in [0.3, 0.4) is 0 Å². The lowest BCUT2D eigenvalue weighted by atomic mass is 9.95. The van der Waals surface area contributed by atoms with E-state index in [1.54, 1.807) is 18.2 Å². The lowest BCUT2D eigenvalue weighted by Gasteiger charge is -2.33. The number of benzene rings is 3. The molecule has 1 aliphatic heterocycles. The minimum Gasteiger partial charge on any atom is -0.490 e. The number of halogens is 1. The van der Waals surface area contributed by atoms with Gasteiger partial charge in [-0.2, -0.15) is 0 Å². The molecule has 1 amide bonds. The standard InChI is InChI=1S/C29H29ClN2O5/c1-17-12-20(36-16-21-15-32(3)24-6-4-5-7-25(24)37-21)13-18(2)26(17)27(33)31-19-8-9-23(30)22(14-19)29(10-11-29)28(34)35/h4-9,12-14,21H,10-11,15-16H2,1-3H3,(H,31,33)(H,34,35)/t21-/m0/s1. The van der Waals surface area contributed by atoms with Crippen LogP contribution in [0.5, 0.6) is 11.5 Å². The third-order valence-electron chi connectivity index (χ3n) is 7.12. The number of aliphatic carboxylic acids is 1. The Balaban J connectivity index is 1.27. The summed E-state index contributed by atoms with van der Waals surface area (Å²) in [4.78, 5) is 27.1. The maximum Gasteiger partial charge on any atom is 0.314 e. The Kier molecular flexibility index (Phi) is 6.50. The number of likely N-dealkylation sites (N-methyl/N-ethyl adjacent to an activating group) is 1. The molecule has 2 aliphatic rings. The second-order valence-electron chi connectivity index (χ2n) is 9.87. The molecule has 37 heavy (non-hydrogen) atoms. The Hall–Kier alpha value is -3.71. The molecule has 0 radical (unpaired) electrons. The maximum atomic E-state index is 13.2. The first kappa shape index (κ1) is 25.0. The summed E-state index contributed by atoms with van der Waals surface area (Å²) in [6, 6.07) is 16.6. The van der Waals surface area contributed by atoms with Crippen molar-refractivity contribution in [2.24, 2.45) is 0 Å². The summed E-state index contributed by atoms with van der Waals surface area (Å²) in [5.41, 5.74) is 3.25. The molecule has 0 bridgehead atoms. The molecular weight excluding hydrogens is 492 g/mol. The van der Waals surface area contributed by atoms with E-state index in [1.807, 2.05) is 57.3 Å². The summed E-state index contributed by atoms with van der Waals surface area (Å²) in [5.74, 6) is 0.339. The first-order valence-electron chi connectivity index (χ1n) is 12.2. The molecule has 192 valence electrons. The topological polar surface area (TPSA) is 88.1 Å². The van der Waals surface area contributed by atoms with Gasteiger partial charge in [0, 0.05) is 23.3 Å². The number of hydrogen-bond acceptors (Lipinski definition) is 5. The molecule has 1 saturated carbocycles. The van der Waals surface area contributed by atoms with E-state index >= 15 is 0 Å². The molecule has 1 fully saturated rings. The number of carbonyl (C=O) groups excluding carboxylic acids is 1. The van der Waals surface area contributed by atoms with Gasteiger partial charge in [0.25, 0.3) is 5.91 Å². The van der Waals surface area contributed by atoms with Gasteiger partial charge >= 0.3 is 5.97 Å². The summed E-state index contributed by atoms with van der Waals surface area (Å²) in [5, 5.41) is 12.9. The van der Waals surface area contributed by atoms with Crippen molar-refractivity contribution >= 4 is 34.9 Å². The number of aryl methyl sites for hydroxylation is 2. The van der Waals surface area contributed by atoms with E-state index in [2.05, 4.69) is 10.2 Å². The summed E-state index contributed by atoms with van der Waals surface area (Å²) < 4.78 is 12.2. The second-order valence-corrected chi connectivity index (χ2v) is 10.3. The zero-order chi connectivity index (χ0) is 26.3. The summed E-state index contributed by atoms with van der Waals surface area (Å²) in [6.07, 6.45) is 0.949. The van der Waals surface area contributed by atoms with E-state index in [0.717, 1.165) is 22.6 Å². The number of hydrogen-bond donors (Lipinski definition) is 2. The minimum absolute atomic E-state index is 0.122. The summed E-state index contributed by atoms with van der Waals surface area (Å²) in [7, 11) is 2.03. The van der Waals surface area contributed by atoms with Crippen molar-refractivity contribution < 1.29 is 24.2 Å². The molecule has 0 spiro atoms. The first-order valence-corrected chi connectivity index (χ1v) is 12.6. The van der Waals surface area contributed by atoms with Gasteiger partial charge in [0.1, 0.15) is 24.2 Å². The van der Waals surface area contributed by atoms with Crippen LogP contribution < -0.4 is 19.7 Å². The number of nitrogens with zero attached hydrogens (tertiary/aromatic N) is 1. The molecule has 0 aromatic heterocycles. The molecule has 1 atom stereocenters. The van der Waals surface area contributed by atoms with E-state index in [1.165, 1.54) is 0 Å². The highest BCUT2D eigenvalue weighted by atomic mass is 35.5. The number of anilines is 2. The number of para-hydroxylation sites is 2. The molecule has 8 heteroatoms. The number of carbonyl (C=O) groups is 2. The van der Waals surface area contributed by atoms with Gasteiger partial charge in [-0.25, -0.2) is 0 Å². The van der Waals surface area contributed by atoms with Gasteiger partial charge in [-0.15, -0.1) is 0 Å².